The first-order valence-corrected chi connectivity index (χ1v) is 8.04. The van der Waals surface area contributed by atoms with E-state index in [9.17, 15) is 9.59 Å². The van der Waals surface area contributed by atoms with Gasteiger partial charge < -0.3 is 14.7 Å². The van der Waals surface area contributed by atoms with Gasteiger partial charge >= 0.3 is 5.97 Å². The Labute approximate surface area is 138 Å². The molecule has 0 aromatic heterocycles. The van der Waals surface area contributed by atoms with Gasteiger partial charge in [-0.1, -0.05) is 19.1 Å². The first-order chi connectivity index (χ1) is 10.9. The molecule has 1 amide bonds. The Balaban J connectivity index is 2.77. The van der Waals surface area contributed by atoms with E-state index in [1.807, 2.05) is 38.1 Å². The Hall–Kier alpha value is -2.04. The van der Waals surface area contributed by atoms with Gasteiger partial charge in [-0.2, -0.15) is 0 Å². The molecule has 0 aliphatic carbocycles. The third-order valence-electron chi connectivity index (χ3n) is 4.01. The van der Waals surface area contributed by atoms with Gasteiger partial charge in [0.05, 0.1) is 13.5 Å². The number of ether oxygens (including phenoxy) is 1. The van der Waals surface area contributed by atoms with Crippen molar-refractivity contribution in [1.82, 2.24) is 4.90 Å². The molecule has 1 aromatic carbocycles. The first-order valence-electron chi connectivity index (χ1n) is 8.04. The largest absolute Gasteiger partial charge is 0.497 e. The first kappa shape index (κ1) is 19.0. The van der Waals surface area contributed by atoms with Crippen molar-refractivity contribution in [2.75, 3.05) is 13.7 Å². The molecule has 1 rings (SSSR count). The van der Waals surface area contributed by atoms with Gasteiger partial charge in [-0.3, -0.25) is 9.59 Å². The maximum Gasteiger partial charge on any atom is 0.305 e. The molecule has 1 aromatic rings. The van der Waals surface area contributed by atoms with Crippen LogP contribution in [0.2, 0.25) is 0 Å². The highest BCUT2D eigenvalue weighted by Crippen LogP contribution is 2.26. The average molecular weight is 321 g/mol. The smallest absolute Gasteiger partial charge is 0.305 e. The summed E-state index contributed by atoms with van der Waals surface area (Å²) in [6.45, 7) is 6.13. The molecule has 0 saturated carbocycles. The van der Waals surface area contributed by atoms with E-state index in [0.29, 0.717) is 6.42 Å². The number of carbonyl (C=O) groups excluding carboxylic acids is 1. The zero-order chi connectivity index (χ0) is 17.4. The van der Waals surface area contributed by atoms with Crippen LogP contribution in [0.3, 0.4) is 0 Å². The van der Waals surface area contributed by atoms with Crippen molar-refractivity contribution in [3.63, 3.8) is 0 Å². The van der Waals surface area contributed by atoms with Crippen LogP contribution in [0.25, 0.3) is 0 Å². The number of carboxylic acid groups (broad SMARTS) is 1. The van der Waals surface area contributed by atoms with Gasteiger partial charge in [0.1, 0.15) is 5.75 Å². The van der Waals surface area contributed by atoms with Crippen LogP contribution in [0.4, 0.5) is 0 Å². The van der Waals surface area contributed by atoms with Gasteiger partial charge in [0, 0.05) is 19.0 Å². The van der Waals surface area contributed by atoms with Crippen molar-refractivity contribution in [2.24, 2.45) is 0 Å². The molecule has 23 heavy (non-hydrogen) atoms. The molecular weight excluding hydrogens is 294 g/mol. The van der Waals surface area contributed by atoms with E-state index >= 15 is 0 Å². The average Bonchev–Trinajstić information content (AvgIpc) is 2.52. The number of methoxy groups -OCH3 is 1. The molecule has 0 aliphatic rings. The Kier molecular flexibility index (Phi) is 7.59. The molecule has 1 N–H and O–H groups in total. The summed E-state index contributed by atoms with van der Waals surface area (Å²) in [4.78, 5) is 25.0. The molecule has 1 unspecified atom stereocenters. The third kappa shape index (κ3) is 5.93. The van der Waals surface area contributed by atoms with Crippen molar-refractivity contribution in [2.45, 2.75) is 52.0 Å². The summed E-state index contributed by atoms with van der Waals surface area (Å²) in [5.41, 5.74) is 1.10. The van der Waals surface area contributed by atoms with Crippen LogP contribution in [-0.4, -0.2) is 41.6 Å². The number of hydrogen-bond donors (Lipinski definition) is 1. The number of hydrogen-bond acceptors (Lipinski definition) is 3. The minimum Gasteiger partial charge on any atom is -0.497 e. The van der Waals surface area contributed by atoms with Crippen molar-refractivity contribution in [1.29, 1.82) is 0 Å². The van der Waals surface area contributed by atoms with Crippen molar-refractivity contribution in [3.05, 3.63) is 29.8 Å². The molecule has 0 spiro atoms. The molecule has 0 heterocycles. The SMILES string of the molecule is CCC(CC(=O)N(CCC(=O)O)C(C)C)c1ccc(OC)cc1. The fraction of sp³-hybridized carbons (Fsp3) is 0.556. The number of carboxylic acids is 1. The Morgan fingerprint density at radius 2 is 1.83 bits per heavy atom. The maximum atomic E-state index is 12.6. The van der Waals surface area contributed by atoms with E-state index in [1.165, 1.54) is 0 Å². The molecular formula is C18H27NO4. The van der Waals surface area contributed by atoms with E-state index in [2.05, 4.69) is 6.92 Å². The summed E-state index contributed by atoms with van der Waals surface area (Å²) in [5.74, 6) is 0.0363. The number of rotatable bonds is 9. The number of nitrogens with zero attached hydrogens (tertiary/aromatic N) is 1. The lowest BCUT2D eigenvalue weighted by Crippen LogP contribution is -2.39. The molecule has 0 fully saturated rings. The van der Waals surface area contributed by atoms with Gasteiger partial charge in [-0.15, -0.1) is 0 Å². The molecule has 1 atom stereocenters. The summed E-state index contributed by atoms with van der Waals surface area (Å²) in [7, 11) is 1.62. The topological polar surface area (TPSA) is 66.8 Å². The van der Waals surface area contributed by atoms with Gasteiger partial charge in [-0.25, -0.2) is 0 Å². The fourth-order valence-corrected chi connectivity index (χ4v) is 2.59. The van der Waals surface area contributed by atoms with E-state index < -0.39 is 5.97 Å². The third-order valence-corrected chi connectivity index (χ3v) is 4.01. The van der Waals surface area contributed by atoms with Crippen LogP contribution in [0.5, 0.6) is 5.75 Å². The molecule has 0 bridgehead atoms. The Morgan fingerprint density at radius 3 is 2.26 bits per heavy atom. The second-order valence-electron chi connectivity index (χ2n) is 5.91. The Bertz CT molecular complexity index is 510. The van der Waals surface area contributed by atoms with Crippen molar-refractivity contribution in [3.8, 4) is 5.75 Å². The molecule has 5 nitrogen and oxygen atoms in total. The van der Waals surface area contributed by atoms with Crippen LogP contribution >= 0.6 is 0 Å². The lowest BCUT2D eigenvalue weighted by molar-refractivity contribution is -0.139. The summed E-state index contributed by atoms with van der Waals surface area (Å²) in [6, 6.07) is 7.75. The van der Waals surface area contributed by atoms with Crippen LogP contribution in [0, 0.1) is 0 Å². The van der Waals surface area contributed by atoms with Crippen LogP contribution in [0.1, 0.15) is 51.5 Å². The van der Waals surface area contributed by atoms with Gasteiger partial charge in [0.15, 0.2) is 0 Å². The second-order valence-corrected chi connectivity index (χ2v) is 5.91. The summed E-state index contributed by atoms with van der Waals surface area (Å²) < 4.78 is 5.16. The number of benzene rings is 1. The van der Waals surface area contributed by atoms with E-state index in [4.69, 9.17) is 9.84 Å². The molecule has 0 radical (unpaired) electrons. The van der Waals surface area contributed by atoms with Crippen molar-refractivity contribution >= 4 is 11.9 Å². The number of aliphatic carboxylic acids is 1. The van der Waals surface area contributed by atoms with E-state index in [1.54, 1.807) is 12.0 Å². The van der Waals surface area contributed by atoms with E-state index in [0.717, 1.165) is 17.7 Å². The number of carbonyl (C=O) groups is 2. The zero-order valence-electron chi connectivity index (χ0n) is 14.4. The lowest BCUT2D eigenvalue weighted by Gasteiger charge is -2.28. The number of amides is 1. The second kappa shape index (κ2) is 9.18. The predicted molar refractivity (Wildman–Crippen MR) is 89.7 cm³/mol. The van der Waals surface area contributed by atoms with Crippen LogP contribution in [0.15, 0.2) is 24.3 Å². The monoisotopic (exact) mass is 321 g/mol. The minimum absolute atomic E-state index is 0.00363. The summed E-state index contributed by atoms with van der Waals surface area (Å²) >= 11 is 0. The van der Waals surface area contributed by atoms with Gasteiger partial charge in [0.25, 0.3) is 0 Å². The van der Waals surface area contributed by atoms with Crippen LogP contribution in [-0.2, 0) is 9.59 Å². The van der Waals surface area contributed by atoms with Gasteiger partial charge in [0.2, 0.25) is 5.91 Å². The highest BCUT2D eigenvalue weighted by Gasteiger charge is 2.22. The minimum atomic E-state index is -0.884. The highest BCUT2D eigenvalue weighted by molar-refractivity contribution is 5.78. The van der Waals surface area contributed by atoms with Gasteiger partial charge in [-0.05, 0) is 43.9 Å². The van der Waals surface area contributed by atoms with Crippen molar-refractivity contribution < 1.29 is 19.4 Å². The molecule has 0 saturated heterocycles. The quantitative estimate of drug-likeness (QED) is 0.758. The highest BCUT2D eigenvalue weighted by atomic mass is 16.5. The molecule has 0 aliphatic heterocycles. The Morgan fingerprint density at radius 1 is 1.22 bits per heavy atom. The fourth-order valence-electron chi connectivity index (χ4n) is 2.59. The zero-order valence-corrected chi connectivity index (χ0v) is 14.4. The summed E-state index contributed by atoms with van der Waals surface area (Å²) in [6.07, 6.45) is 1.22. The standard InChI is InChI=1S/C18H27NO4/c1-5-14(15-6-8-16(23-4)9-7-15)12-17(20)19(13(2)3)11-10-18(21)22/h6-9,13-14H,5,10-12H2,1-4H3,(H,21,22). The lowest BCUT2D eigenvalue weighted by atomic mass is 9.92. The predicted octanol–water partition coefficient (Wildman–Crippen LogP) is 3.29. The van der Waals surface area contributed by atoms with Crippen LogP contribution < -0.4 is 4.74 Å². The maximum absolute atomic E-state index is 12.6. The normalized spacial score (nSPS) is 12.0. The molecule has 128 valence electrons. The summed E-state index contributed by atoms with van der Waals surface area (Å²) in [5, 5.41) is 8.83. The molecule has 5 heteroatoms. The van der Waals surface area contributed by atoms with E-state index in [-0.39, 0.29) is 30.8 Å².